The Kier molecular flexibility index (Phi) is 7.19. The zero-order valence-electron chi connectivity index (χ0n) is 19.4. The molecule has 194 valence electrons. The number of nitrogens with zero attached hydrogens (tertiary/aromatic N) is 6. The summed E-state index contributed by atoms with van der Waals surface area (Å²) in [6.45, 7) is 2.57. The van der Waals surface area contributed by atoms with Gasteiger partial charge in [0.05, 0.1) is 6.54 Å². The van der Waals surface area contributed by atoms with Gasteiger partial charge < -0.3 is 21.0 Å². The first-order valence-electron chi connectivity index (χ1n) is 10.7. The lowest BCUT2D eigenvalue weighted by Gasteiger charge is -2.49. The molecule has 1 fully saturated rings. The van der Waals surface area contributed by atoms with E-state index in [0.29, 0.717) is 23.6 Å². The summed E-state index contributed by atoms with van der Waals surface area (Å²) in [7, 11) is 1.28. The fraction of sp³-hybridized carbons (Fsp3) is 0.350. The van der Waals surface area contributed by atoms with Crippen molar-refractivity contribution in [3.63, 3.8) is 0 Å². The van der Waals surface area contributed by atoms with E-state index in [1.54, 1.807) is 10.4 Å². The third kappa shape index (κ3) is 4.95. The Hall–Kier alpha value is -3.02. The van der Waals surface area contributed by atoms with Crippen LogP contribution < -0.4 is 11.1 Å². The van der Waals surface area contributed by atoms with Crippen molar-refractivity contribution in [2.45, 2.75) is 18.3 Å². The normalized spacial score (nSPS) is 23.0. The van der Waals surface area contributed by atoms with Gasteiger partial charge in [0.2, 0.25) is 0 Å². The Bertz CT molecular complexity index is 1340. The second-order valence-electron chi connectivity index (χ2n) is 7.89. The monoisotopic (exact) mass is 580 g/mol. The summed E-state index contributed by atoms with van der Waals surface area (Å²) in [4.78, 5) is 52.6. The average Bonchev–Trinajstić information content (AvgIpc) is 3.48. The van der Waals surface area contributed by atoms with Crippen LogP contribution in [0.2, 0.25) is 0 Å². The van der Waals surface area contributed by atoms with Crippen molar-refractivity contribution < 1.29 is 24.3 Å². The lowest BCUT2D eigenvalue weighted by Crippen LogP contribution is -2.71. The number of thioether (sulfide) groups is 3. The van der Waals surface area contributed by atoms with E-state index in [1.807, 2.05) is 13.0 Å². The quantitative estimate of drug-likeness (QED) is 0.240. The highest BCUT2D eigenvalue weighted by molar-refractivity contribution is 8.45. The van der Waals surface area contributed by atoms with Crippen LogP contribution >= 0.6 is 46.6 Å². The lowest BCUT2D eigenvalue weighted by atomic mass is 10.0. The number of hydrogen-bond acceptors (Lipinski definition) is 14. The lowest BCUT2D eigenvalue weighted by molar-refractivity contribution is -0.150. The van der Waals surface area contributed by atoms with Crippen LogP contribution in [0.25, 0.3) is 0 Å². The Labute approximate surface area is 227 Å². The van der Waals surface area contributed by atoms with E-state index < -0.39 is 29.2 Å². The number of hydrazone groups is 1. The standard InChI is InChI=1S/C20H20N8O5S4/c1-8-3-4-27-19(22-8)37-20(25-27)36-6-9-5-34-16-12(15(30)28(16)13(9)17(31)32)24-14(29)11(26-33-2)10-7-35-18(21)23-10/h3,7,12,16H,4-6H2,1-2H3,(H2,21,23)(H,24,29)(H,31,32)/b26-11-/t12-,16-/m1/s1. The van der Waals surface area contributed by atoms with Gasteiger partial charge >= 0.3 is 5.97 Å². The Morgan fingerprint density at radius 3 is 2.95 bits per heavy atom. The molecule has 1 aromatic rings. The molecule has 0 unspecified atom stereocenters. The molecule has 0 aromatic carbocycles. The number of thiazole rings is 1. The largest absolute Gasteiger partial charge is 0.477 e. The topological polar surface area (TPSA) is 175 Å². The highest BCUT2D eigenvalue weighted by Crippen LogP contribution is 2.42. The number of allylic oxidation sites excluding steroid dienone is 1. The van der Waals surface area contributed by atoms with Crippen molar-refractivity contribution in [2.24, 2.45) is 15.2 Å². The van der Waals surface area contributed by atoms with Gasteiger partial charge in [0, 0.05) is 22.6 Å². The second-order valence-corrected chi connectivity index (χ2v) is 12.1. The third-order valence-corrected chi connectivity index (χ3v) is 9.68. The van der Waals surface area contributed by atoms with Gasteiger partial charge in [-0.3, -0.25) is 14.5 Å². The van der Waals surface area contributed by atoms with Gasteiger partial charge in [0.15, 0.2) is 20.4 Å². The van der Waals surface area contributed by atoms with Crippen LogP contribution in [0.4, 0.5) is 5.13 Å². The number of nitrogen functional groups attached to an aromatic ring is 1. The van der Waals surface area contributed by atoms with Crippen LogP contribution in [0.5, 0.6) is 0 Å². The molecule has 37 heavy (non-hydrogen) atoms. The Morgan fingerprint density at radius 1 is 1.43 bits per heavy atom. The summed E-state index contributed by atoms with van der Waals surface area (Å²) < 4.78 is 0.763. The van der Waals surface area contributed by atoms with Crippen LogP contribution in [0, 0.1) is 0 Å². The number of carbonyl (C=O) groups is 3. The number of aliphatic imine (C=N–C) groups is 1. The van der Waals surface area contributed by atoms with E-state index in [0.717, 1.165) is 26.6 Å². The first kappa shape index (κ1) is 25.6. The molecule has 5 heterocycles. The molecule has 0 aliphatic carbocycles. The molecular formula is C20H20N8O5S4. The Morgan fingerprint density at radius 2 is 2.24 bits per heavy atom. The number of anilines is 1. The summed E-state index contributed by atoms with van der Waals surface area (Å²) in [5, 5.41) is 24.7. The molecule has 5 rings (SSSR count). The van der Waals surface area contributed by atoms with Crippen LogP contribution in [0.1, 0.15) is 12.6 Å². The maximum absolute atomic E-state index is 13.0. The molecule has 4 aliphatic rings. The first-order chi connectivity index (χ1) is 17.8. The molecule has 2 amide bonds. The minimum Gasteiger partial charge on any atom is -0.477 e. The number of amidine groups is 1. The molecule has 1 aromatic heterocycles. The number of nitrogens with two attached hydrogens (primary N) is 1. The third-order valence-electron chi connectivity index (χ3n) is 5.50. The molecule has 17 heteroatoms. The van der Waals surface area contributed by atoms with Crippen molar-refractivity contribution >= 4 is 84.8 Å². The van der Waals surface area contributed by atoms with Crippen molar-refractivity contribution in [1.29, 1.82) is 0 Å². The zero-order valence-corrected chi connectivity index (χ0v) is 22.7. The smallest absolute Gasteiger partial charge is 0.352 e. The van der Waals surface area contributed by atoms with E-state index in [9.17, 15) is 19.5 Å². The van der Waals surface area contributed by atoms with Crippen LogP contribution in [0.3, 0.4) is 0 Å². The fourth-order valence-corrected chi connectivity index (χ4v) is 7.87. The molecule has 4 N–H and O–H groups in total. The first-order valence-corrected chi connectivity index (χ1v) is 14.5. The average molecular weight is 581 g/mol. The SMILES string of the molecule is CO/N=C(\C(=O)N[C@@H]1C(=O)N2C(C(=O)O)=C(CSC3=NN4CC=C(C)N=C4S3)CS[C@H]12)c1csc(N)n1. The number of carbonyl (C=O) groups excluding carboxylic acids is 2. The maximum Gasteiger partial charge on any atom is 0.352 e. The van der Waals surface area contributed by atoms with Gasteiger partial charge in [-0.2, -0.15) is 5.10 Å². The number of fused-ring (bicyclic) bond motifs is 2. The van der Waals surface area contributed by atoms with Crippen molar-refractivity contribution in [3.8, 4) is 0 Å². The van der Waals surface area contributed by atoms with E-state index in [1.165, 1.54) is 47.3 Å². The minimum absolute atomic E-state index is 0.0547. The van der Waals surface area contributed by atoms with Gasteiger partial charge in [0.25, 0.3) is 11.8 Å². The predicted molar refractivity (Wildman–Crippen MR) is 145 cm³/mol. The predicted octanol–water partition coefficient (Wildman–Crippen LogP) is 1.14. The Balaban J connectivity index is 1.27. The van der Waals surface area contributed by atoms with Crippen LogP contribution in [-0.2, 0) is 19.2 Å². The van der Waals surface area contributed by atoms with E-state index in [-0.39, 0.29) is 22.2 Å². The summed E-state index contributed by atoms with van der Waals surface area (Å²) in [5.41, 5.74) is 7.23. The van der Waals surface area contributed by atoms with E-state index in [4.69, 9.17) is 10.6 Å². The number of hydrogen-bond donors (Lipinski definition) is 3. The molecule has 4 aliphatic heterocycles. The fourth-order valence-electron chi connectivity index (χ4n) is 3.81. The van der Waals surface area contributed by atoms with Crippen molar-refractivity contribution in [1.82, 2.24) is 20.2 Å². The van der Waals surface area contributed by atoms with E-state index in [2.05, 4.69) is 25.6 Å². The molecule has 1 saturated heterocycles. The number of amides is 2. The maximum atomic E-state index is 13.0. The molecule has 0 saturated carbocycles. The van der Waals surface area contributed by atoms with Gasteiger partial charge in [-0.1, -0.05) is 16.9 Å². The highest BCUT2D eigenvalue weighted by Gasteiger charge is 2.54. The summed E-state index contributed by atoms with van der Waals surface area (Å²) in [6.07, 6.45) is 1.98. The summed E-state index contributed by atoms with van der Waals surface area (Å²) >= 11 is 5.36. The summed E-state index contributed by atoms with van der Waals surface area (Å²) in [5.74, 6) is -1.63. The molecular weight excluding hydrogens is 561 g/mol. The number of β-lactam (4-membered cyclic amide) rings is 1. The molecule has 2 atom stereocenters. The minimum atomic E-state index is -1.19. The number of nitrogens with one attached hydrogen (secondary N) is 1. The van der Waals surface area contributed by atoms with Gasteiger partial charge in [-0.25, -0.2) is 19.8 Å². The van der Waals surface area contributed by atoms with E-state index >= 15 is 0 Å². The molecule has 0 radical (unpaired) electrons. The zero-order chi connectivity index (χ0) is 26.3. The number of aliphatic carboxylic acids is 1. The van der Waals surface area contributed by atoms with Crippen LogP contribution in [0.15, 0.2) is 43.7 Å². The van der Waals surface area contributed by atoms with Gasteiger partial charge in [-0.15, -0.1) is 23.1 Å². The van der Waals surface area contributed by atoms with Gasteiger partial charge in [0.1, 0.15) is 29.9 Å². The number of oxime groups is 1. The highest BCUT2D eigenvalue weighted by atomic mass is 32.2. The summed E-state index contributed by atoms with van der Waals surface area (Å²) in [6, 6.07) is -0.918. The second kappa shape index (κ2) is 10.4. The van der Waals surface area contributed by atoms with Gasteiger partial charge in [-0.05, 0) is 30.3 Å². The van der Waals surface area contributed by atoms with Crippen molar-refractivity contribution in [2.75, 3.05) is 30.9 Å². The number of aromatic nitrogens is 1. The molecule has 0 bridgehead atoms. The number of carboxylic acid groups (broad SMARTS) is 1. The molecule has 0 spiro atoms. The van der Waals surface area contributed by atoms with Crippen LogP contribution in [-0.4, -0.2) is 89.6 Å². The van der Waals surface area contributed by atoms with Crippen molar-refractivity contribution in [3.05, 3.63) is 34.1 Å². The number of carboxylic acids is 1. The molecule has 13 nitrogen and oxygen atoms in total. The number of rotatable bonds is 7.